The molecule has 0 aliphatic heterocycles. The van der Waals surface area contributed by atoms with Crippen LogP contribution in [0.2, 0.25) is 0 Å². The molecule has 2 unspecified atom stereocenters. The molecule has 3 heteroatoms. The Labute approximate surface area is 103 Å². The zero-order valence-electron chi connectivity index (χ0n) is 10.3. The van der Waals surface area contributed by atoms with E-state index in [9.17, 15) is 5.11 Å². The minimum atomic E-state index is -0.439. The van der Waals surface area contributed by atoms with Crippen LogP contribution in [0.5, 0.6) is 0 Å². The summed E-state index contributed by atoms with van der Waals surface area (Å²) in [5, 5.41) is 18.5. The second-order valence-electron chi connectivity index (χ2n) is 4.37. The molecule has 1 aromatic rings. The molecule has 0 radical (unpaired) electrons. The Balaban J connectivity index is 2.42. The summed E-state index contributed by atoms with van der Waals surface area (Å²) in [6, 6.07) is 9.41. The van der Waals surface area contributed by atoms with Crippen molar-refractivity contribution >= 4 is 0 Å². The maximum absolute atomic E-state index is 9.83. The Hall–Kier alpha value is -1.37. The number of aliphatic hydroxyl groups excluding tert-OH is 1. The second kappa shape index (κ2) is 7.05. The molecule has 0 aromatic heterocycles. The van der Waals surface area contributed by atoms with Crippen molar-refractivity contribution in [3.8, 4) is 6.07 Å². The molecule has 0 aliphatic carbocycles. The SMILES string of the molecule is CCCC(N)C(O)CCc1ccc(C#N)cc1. The van der Waals surface area contributed by atoms with Gasteiger partial charge in [-0.2, -0.15) is 5.26 Å². The van der Waals surface area contributed by atoms with Crippen LogP contribution in [-0.2, 0) is 6.42 Å². The summed E-state index contributed by atoms with van der Waals surface area (Å²) in [6.07, 6.45) is 2.88. The first-order chi connectivity index (χ1) is 8.17. The largest absolute Gasteiger partial charge is 0.392 e. The van der Waals surface area contributed by atoms with E-state index in [1.807, 2.05) is 12.1 Å². The summed E-state index contributed by atoms with van der Waals surface area (Å²) in [4.78, 5) is 0. The Morgan fingerprint density at radius 1 is 1.29 bits per heavy atom. The van der Waals surface area contributed by atoms with Crippen molar-refractivity contribution in [3.63, 3.8) is 0 Å². The molecular formula is C14H20N2O. The summed E-state index contributed by atoms with van der Waals surface area (Å²) in [6.45, 7) is 2.06. The number of nitrogens with two attached hydrogens (primary N) is 1. The topological polar surface area (TPSA) is 70.0 Å². The van der Waals surface area contributed by atoms with Gasteiger partial charge in [-0.3, -0.25) is 0 Å². The van der Waals surface area contributed by atoms with E-state index >= 15 is 0 Å². The van der Waals surface area contributed by atoms with Crippen LogP contribution in [-0.4, -0.2) is 17.3 Å². The van der Waals surface area contributed by atoms with E-state index in [-0.39, 0.29) is 6.04 Å². The highest BCUT2D eigenvalue weighted by Crippen LogP contribution is 2.10. The molecule has 0 saturated heterocycles. The van der Waals surface area contributed by atoms with Gasteiger partial charge in [0.2, 0.25) is 0 Å². The van der Waals surface area contributed by atoms with E-state index in [1.165, 1.54) is 0 Å². The quantitative estimate of drug-likeness (QED) is 0.788. The molecule has 0 fully saturated rings. The van der Waals surface area contributed by atoms with Crippen molar-refractivity contribution < 1.29 is 5.11 Å². The van der Waals surface area contributed by atoms with Crippen LogP contribution in [0.15, 0.2) is 24.3 Å². The number of aliphatic hydroxyl groups is 1. The maximum atomic E-state index is 9.83. The molecular weight excluding hydrogens is 212 g/mol. The molecule has 0 saturated carbocycles. The number of nitriles is 1. The number of aryl methyl sites for hydroxylation is 1. The number of hydrogen-bond donors (Lipinski definition) is 2. The molecule has 1 aromatic carbocycles. The standard InChI is InChI=1S/C14H20N2O/c1-2-3-13(16)14(17)9-8-11-4-6-12(10-15)7-5-11/h4-7,13-14,17H,2-3,8-9,16H2,1H3. The highest BCUT2D eigenvalue weighted by atomic mass is 16.3. The third-order valence-corrected chi connectivity index (χ3v) is 2.93. The van der Waals surface area contributed by atoms with Crippen LogP contribution in [0.3, 0.4) is 0 Å². The molecule has 2 atom stereocenters. The lowest BCUT2D eigenvalue weighted by atomic mass is 9.99. The van der Waals surface area contributed by atoms with Crippen LogP contribution >= 0.6 is 0 Å². The third-order valence-electron chi connectivity index (χ3n) is 2.93. The van der Waals surface area contributed by atoms with Crippen molar-refractivity contribution in [1.29, 1.82) is 5.26 Å². The molecule has 3 nitrogen and oxygen atoms in total. The lowest BCUT2D eigenvalue weighted by molar-refractivity contribution is 0.131. The molecule has 1 rings (SSSR count). The fourth-order valence-electron chi connectivity index (χ4n) is 1.80. The van der Waals surface area contributed by atoms with Crippen LogP contribution < -0.4 is 5.73 Å². The van der Waals surface area contributed by atoms with E-state index in [2.05, 4.69) is 13.0 Å². The minimum Gasteiger partial charge on any atom is -0.392 e. The zero-order valence-corrected chi connectivity index (χ0v) is 10.3. The average Bonchev–Trinajstić information content (AvgIpc) is 2.36. The summed E-state index contributed by atoms with van der Waals surface area (Å²) in [5.74, 6) is 0. The van der Waals surface area contributed by atoms with Crippen LogP contribution in [0.4, 0.5) is 0 Å². The van der Waals surface area contributed by atoms with E-state index in [4.69, 9.17) is 11.0 Å². The van der Waals surface area contributed by atoms with E-state index in [0.717, 1.165) is 24.8 Å². The summed E-state index contributed by atoms with van der Waals surface area (Å²) in [5.41, 5.74) is 7.64. The predicted molar refractivity (Wildman–Crippen MR) is 68.4 cm³/mol. The molecule has 92 valence electrons. The van der Waals surface area contributed by atoms with Crippen molar-refractivity contribution in [2.75, 3.05) is 0 Å². The Bertz CT molecular complexity index is 367. The summed E-state index contributed by atoms with van der Waals surface area (Å²) >= 11 is 0. The lowest BCUT2D eigenvalue weighted by Gasteiger charge is -2.17. The molecule has 17 heavy (non-hydrogen) atoms. The highest BCUT2D eigenvalue weighted by molar-refractivity contribution is 5.31. The van der Waals surface area contributed by atoms with Gasteiger partial charge in [0.15, 0.2) is 0 Å². The van der Waals surface area contributed by atoms with Gasteiger partial charge >= 0.3 is 0 Å². The smallest absolute Gasteiger partial charge is 0.0991 e. The summed E-state index contributed by atoms with van der Waals surface area (Å²) in [7, 11) is 0. The third kappa shape index (κ3) is 4.56. The van der Waals surface area contributed by atoms with Gasteiger partial charge < -0.3 is 10.8 Å². The monoisotopic (exact) mass is 232 g/mol. The van der Waals surface area contributed by atoms with Crippen molar-refractivity contribution in [2.24, 2.45) is 5.73 Å². The van der Waals surface area contributed by atoms with Crippen molar-refractivity contribution in [3.05, 3.63) is 35.4 Å². The average molecular weight is 232 g/mol. The van der Waals surface area contributed by atoms with Gasteiger partial charge in [0.25, 0.3) is 0 Å². The van der Waals surface area contributed by atoms with Gasteiger partial charge in [0.05, 0.1) is 17.7 Å². The molecule has 0 aliphatic rings. The van der Waals surface area contributed by atoms with Crippen LogP contribution in [0, 0.1) is 11.3 Å². The van der Waals surface area contributed by atoms with Crippen molar-refractivity contribution in [1.82, 2.24) is 0 Å². The van der Waals surface area contributed by atoms with Gasteiger partial charge in [-0.25, -0.2) is 0 Å². The molecule has 3 N–H and O–H groups in total. The fourth-order valence-corrected chi connectivity index (χ4v) is 1.80. The molecule has 0 heterocycles. The Morgan fingerprint density at radius 3 is 2.47 bits per heavy atom. The van der Waals surface area contributed by atoms with Gasteiger partial charge in [-0.1, -0.05) is 25.5 Å². The van der Waals surface area contributed by atoms with Crippen LogP contribution in [0.25, 0.3) is 0 Å². The van der Waals surface area contributed by atoms with Crippen LogP contribution in [0.1, 0.15) is 37.3 Å². The Morgan fingerprint density at radius 2 is 1.94 bits per heavy atom. The molecule has 0 amide bonds. The summed E-state index contributed by atoms with van der Waals surface area (Å²) < 4.78 is 0. The maximum Gasteiger partial charge on any atom is 0.0991 e. The van der Waals surface area contributed by atoms with Crippen molar-refractivity contribution in [2.45, 2.75) is 44.8 Å². The van der Waals surface area contributed by atoms with Gasteiger partial charge in [-0.15, -0.1) is 0 Å². The normalized spacial score (nSPS) is 14.0. The minimum absolute atomic E-state index is 0.126. The number of nitrogens with zero attached hydrogens (tertiary/aromatic N) is 1. The van der Waals surface area contributed by atoms with Gasteiger partial charge in [-0.05, 0) is 37.0 Å². The predicted octanol–water partition coefficient (Wildman–Crippen LogP) is 1.98. The molecule has 0 bridgehead atoms. The van der Waals surface area contributed by atoms with Gasteiger partial charge in [0.1, 0.15) is 0 Å². The van der Waals surface area contributed by atoms with Gasteiger partial charge in [0, 0.05) is 6.04 Å². The second-order valence-corrected chi connectivity index (χ2v) is 4.37. The number of benzene rings is 1. The number of hydrogen-bond acceptors (Lipinski definition) is 3. The first kappa shape index (κ1) is 13.7. The first-order valence-electron chi connectivity index (χ1n) is 6.10. The van der Waals surface area contributed by atoms with E-state index in [0.29, 0.717) is 12.0 Å². The lowest BCUT2D eigenvalue weighted by Crippen LogP contribution is -2.34. The molecule has 0 spiro atoms. The van der Waals surface area contributed by atoms with E-state index < -0.39 is 6.10 Å². The van der Waals surface area contributed by atoms with E-state index in [1.54, 1.807) is 12.1 Å². The zero-order chi connectivity index (χ0) is 12.7. The fraction of sp³-hybridized carbons (Fsp3) is 0.500. The number of rotatable bonds is 6. The Kier molecular flexibility index (Phi) is 5.68. The first-order valence-corrected chi connectivity index (χ1v) is 6.10. The highest BCUT2D eigenvalue weighted by Gasteiger charge is 2.13.